The predicted octanol–water partition coefficient (Wildman–Crippen LogP) is 1.95. The molecule has 0 aromatic carbocycles. The minimum absolute atomic E-state index is 0.505. The van der Waals surface area contributed by atoms with Crippen LogP contribution in [0.2, 0.25) is 0 Å². The maximum Gasteiger partial charge on any atom is 0.376 e. The molecule has 4 aliphatic carbocycles. The molecule has 0 heterocycles. The number of carbonyl (C=O) groups excluding carboxylic acids is 1. The van der Waals surface area contributed by atoms with E-state index in [0.717, 1.165) is 19.3 Å². The molecular weight excluding hydrogens is 290 g/mol. The fraction of sp³-hybridized carbons (Fsp3) is 0.923. The lowest BCUT2D eigenvalue weighted by Crippen LogP contribution is -2.51. The number of rotatable bonds is 4. The number of carbonyl (C=O) groups is 1. The number of alkyl halides is 2. The molecule has 7 heteroatoms. The number of thiol groups is 1. The molecule has 0 aromatic rings. The van der Waals surface area contributed by atoms with Crippen molar-refractivity contribution in [2.24, 2.45) is 23.2 Å². The molecule has 0 radical (unpaired) electrons. The van der Waals surface area contributed by atoms with Crippen LogP contribution < -0.4 is 0 Å². The first kappa shape index (κ1) is 14.2. The lowest BCUT2D eigenvalue weighted by molar-refractivity contribution is -0.176. The lowest BCUT2D eigenvalue weighted by atomic mass is 9.49. The molecule has 4 aliphatic rings. The standard InChI is InChI=1S/C13H18F2O4S/c14-13(15,20(17)18)7-19-11(16)12-4-8-1-9(5-12)3-10(2-8)6-12/h8-10,20H,1-7H2. The summed E-state index contributed by atoms with van der Waals surface area (Å²) in [5.74, 6) is 0.898. The Labute approximate surface area is 117 Å². The summed E-state index contributed by atoms with van der Waals surface area (Å²) in [7, 11) is -3.92. The molecule has 0 unspecified atom stereocenters. The Hall–Kier alpha value is -0.720. The third kappa shape index (κ3) is 2.34. The third-order valence-corrected chi connectivity index (χ3v) is 5.78. The van der Waals surface area contributed by atoms with Gasteiger partial charge in [0.05, 0.1) is 5.41 Å². The summed E-state index contributed by atoms with van der Waals surface area (Å²) in [6.45, 7) is -1.35. The lowest BCUT2D eigenvalue weighted by Gasteiger charge is -2.55. The Morgan fingerprint density at radius 2 is 1.55 bits per heavy atom. The minimum atomic E-state index is -3.96. The van der Waals surface area contributed by atoms with E-state index >= 15 is 0 Å². The van der Waals surface area contributed by atoms with Gasteiger partial charge >= 0.3 is 11.2 Å². The molecular formula is C13H18F2O4S. The van der Waals surface area contributed by atoms with Crippen LogP contribution in [0.1, 0.15) is 38.5 Å². The summed E-state index contributed by atoms with van der Waals surface area (Å²) in [4.78, 5) is 12.2. The largest absolute Gasteiger partial charge is 0.458 e. The van der Waals surface area contributed by atoms with Gasteiger partial charge in [0.1, 0.15) is 0 Å². The minimum Gasteiger partial charge on any atom is -0.458 e. The van der Waals surface area contributed by atoms with Gasteiger partial charge in [0, 0.05) is 0 Å². The van der Waals surface area contributed by atoms with Crippen molar-refractivity contribution in [2.45, 2.75) is 43.8 Å². The first-order chi connectivity index (χ1) is 9.31. The zero-order chi connectivity index (χ0) is 14.5. The first-order valence-electron chi connectivity index (χ1n) is 7.00. The van der Waals surface area contributed by atoms with Crippen LogP contribution in [0.3, 0.4) is 0 Å². The van der Waals surface area contributed by atoms with Crippen LogP contribution >= 0.6 is 0 Å². The summed E-state index contributed by atoms with van der Waals surface area (Å²) >= 11 is 0. The Bertz CT molecular complexity index is 457. The van der Waals surface area contributed by atoms with Crippen LogP contribution in [-0.2, 0) is 20.2 Å². The molecule has 4 fully saturated rings. The predicted molar refractivity (Wildman–Crippen MR) is 66.8 cm³/mol. The van der Waals surface area contributed by atoms with Crippen molar-refractivity contribution < 1.29 is 26.7 Å². The molecule has 0 saturated heterocycles. The molecule has 20 heavy (non-hydrogen) atoms. The highest BCUT2D eigenvalue weighted by atomic mass is 32.2. The quantitative estimate of drug-likeness (QED) is 0.637. The zero-order valence-electron chi connectivity index (χ0n) is 11.0. The van der Waals surface area contributed by atoms with Gasteiger partial charge in [0.25, 0.3) is 0 Å². The van der Waals surface area contributed by atoms with Crippen molar-refractivity contribution in [1.29, 1.82) is 0 Å². The Balaban J connectivity index is 1.68. The van der Waals surface area contributed by atoms with Crippen LogP contribution in [0.25, 0.3) is 0 Å². The highest BCUT2D eigenvalue weighted by molar-refractivity contribution is 7.73. The Morgan fingerprint density at radius 3 is 1.95 bits per heavy atom. The average Bonchev–Trinajstić information content (AvgIpc) is 2.34. The molecule has 4 saturated carbocycles. The fourth-order valence-corrected chi connectivity index (χ4v) is 4.89. The number of esters is 1. The highest BCUT2D eigenvalue weighted by Gasteiger charge is 2.56. The van der Waals surface area contributed by atoms with E-state index in [9.17, 15) is 22.0 Å². The number of hydrogen-bond acceptors (Lipinski definition) is 4. The van der Waals surface area contributed by atoms with Crippen molar-refractivity contribution in [2.75, 3.05) is 6.61 Å². The van der Waals surface area contributed by atoms with Gasteiger partial charge in [-0.25, -0.2) is 8.42 Å². The topological polar surface area (TPSA) is 60.4 Å². The van der Waals surface area contributed by atoms with E-state index in [-0.39, 0.29) is 0 Å². The monoisotopic (exact) mass is 308 g/mol. The van der Waals surface area contributed by atoms with Gasteiger partial charge in [0.15, 0.2) is 6.61 Å². The van der Waals surface area contributed by atoms with Crippen molar-refractivity contribution in [3.8, 4) is 0 Å². The maximum atomic E-state index is 13.0. The van der Waals surface area contributed by atoms with Crippen LogP contribution in [0.5, 0.6) is 0 Å². The molecule has 4 nitrogen and oxygen atoms in total. The van der Waals surface area contributed by atoms with Gasteiger partial charge in [-0.15, -0.1) is 0 Å². The first-order valence-corrected chi connectivity index (χ1v) is 8.18. The average molecular weight is 308 g/mol. The molecule has 0 aromatic heterocycles. The Morgan fingerprint density at radius 1 is 1.10 bits per heavy atom. The van der Waals surface area contributed by atoms with E-state index in [1.165, 1.54) is 0 Å². The van der Waals surface area contributed by atoms with Crippen molar-refractivity contribution in [1.82, 2.24) is 0 Å². The fourth-order valence-electron chi connectivity index (χ4n) is 4.72. The summed E-state index contributed by atoms with van der Waals surface area (Å²) in [5.41, 5.74) is -0.626. The van der Waals surface area contributed by atoms with Gasteiger partial charge in [-0.05, 0) is 56.3 Å². The molecule has 0 spiro atoms. The van der Waals surface area contributed by atoms with Crippen molar-refractivity contribution in [3.05, 3.63) is 0 Å². The van der Waals surface area contributed by atoms with E-state index in [2.05, 4.69) is 4.74 Å². The van der Waals surface area contributed by atoms with Gasteiger partial charge in [-0.2, -0.15) is 8.78 Å². The molecule has 4 bridgehead atoms. The summed E-state index contributed by atoms with van der Waals surface area (Å²) in [5, 5.41) is -3.96. The van der Waals surface area contributed by atoms with Crippen LogP contribution in [0, 0.1) is 23.2 Å². The summed E-state index contributed by atoms with van der Waals surface area (Å²) in [6, 6.07) is 0. The third-order valence-electron chi connectivity index (χ3n) is 5.12. The van der Waals surface area contributed by atoms with Crippen LogP contribution in [0.15, 0.2) is 0 Å². The zero-order valence-corrected chi connectivity index (χ0v) is 11.9. The SMILES string of the molecule is O=C(OCC(F)(F)[SH](=O)=O)C12CC3CC(CC(C3)C1)C2. The van der Waals surface area contributed by atoms with Crippen molar-refractivity contribution in [3.63, 3.8) is 0 Å². The molecule has 4 rings (SSSR count). The van der Waals surface area contributed by atoms with Crippen molar-refractivity contribution >= 4 is 16.7 Å². The molecule has 114 valence electrons. The van der Waals surface area contributed by atoms with E-state index in [1.54, 1.807) is 0 Å². The molecule has 0 atom stereocenters. The van der Waals surface area contributed by atoms with E-state index in [4.69, 9.17) is 0 Å². The smallest absolute Gasteiger partial charge is 0.376 e. The number of ether oxygens (including phenoxy) is 1. The second-order valence-corrected chi connectivity index (χ2v) is 7.87. The van der Waals surface area contributed by atoms with Gasteiger partial charge in [-0.1, -0.05) is 0 Å². The Kier molecular flexibility index (Phi) is 3.30. The maximum absolute atomic E-state index is 13.0. The molecule has 0 aliphatic heterocycles. The summed E-state index contributed by atoms with van der Waals surface area (Å²) < 4.78 is 51.4. The van der Waals surface area contributed by atoms with Gasteiger partial charge in [-0.3, -0.25) is 4.79 Å². The van der Waals surface area contributed by atoms with E-state index < -0.39 is 33.9 Å². The van der Waals surface area contributed by atoms with Gasteiger partial charge in [0.2, 0.25) is 10.7 Å². The van der Waals surface area contributed by atoms with Gasteiger partial charge < -0.3 is 4.74 Å². The second-order valence-electron chi connectivity index (χ2n) is 6.70. The van der Waals surface area contributed by atoms with E-state index in [1.807, 2.05) is 0 Å². The van der Waals surface area contributed by atoms with E-state index in [0.29, 0.717) is 37.0 Å². The summed E-state index contributed by atoms with van der Waals surface area (Å²) in [6.07, 6.45) is 5.55. The van der Waals surface area contributed by atoms with Crippen LogP contribution in [0.4, 0.5) is 8.78 Å². The van der Waals surface area contributed by atoms with Crippen LogP contribution in [-0.4, -0.2) is 26.2 Å². The number of halogens is 2. The normalized spacial score (nSPS) is 39.2. The number of hydrogen-bond donors (Lipinski definition) is 1. The molecule has 0 amide bonds. The molecule has 0 N–H and O–H groups in total. The second kappa shape index (κ2) is 4.64. The highest BCUT2D eigenvalue weighted by Crippen LogP contribution is 2.60.